The van der Waals surface area contributed by atoms with Gasteiger partial charge in [-0.2, -0.15) is 0 Å². The second kappa shape index (κ2) is 9.60. The highest BCUT2D eigenvalue weighted by Gasteiger charge is 2.45. The highest BCUT2D eigenvalue weighted by atomic mass is 16.7. The van der Waals surface area contributed by atoms with Crippen LogP contribution in [0, 0.1) is 0 Å². The largest absolute Gasteiger partial charge is 0.504 e. The fourth-order valence-corrected chi connectivity index (χ4v) is 3.81. The van der Waals surface area contributed by atoms with Crippen molar-refractivity contribution in [1.29, 1.82) is 0 Å². The molecule has 4 rings (SSSR count). The van der Waals surface area contributed by atoms with E-state index in [2.05, 4.69) is 0 Å². The lowest BCUT2D eigenvalue weighted by Gasteiger charge is -2.39. The average Bonchev–Trinajstić information content (AvgIpc) is 2.85. The van der Waals surface area contributed by atoms with Crippen molar-refractivity contribution in [3.63, 3.8) is 0 Å². The second-order valence-corrected chi connectivity index (χ2v) is 7.78. The molecule has 0 unspecified atom stereocenters. The maximum Gasteiger partial charge on any atom is 0.239 e. The number of aliphatic hydroxyl groups excluding tert-OH is 4. The van der Waals surface area contributed by atoms with Gasteiger partial charge in [-0.1, -0.05) is 0 Å². The number of methoxy groups -OCH3 is 2. The molecule has 0 spiro atoms. The first-order valence-electron chi connectivity index (χ1n) is 10.4. The summed E-state index contributed by atoms with van der Waals surface area (Å²) in [5.41, 5.74) is -0.790. The van der Waals surface area contributed by atoms with Crippen LogP contribution >= 0.6 is 0 Å². The number of hydrogen-bond acceptors (Lipinski definition) is 12. The first-order valence-corrected chi connectivity index (χ1v) is 10.4. The lowest BCUT2D eigenvalue weighted by Crippen LogP contribution is -2.60. The zero-order valence-electron chi connectivity index (χ0n) is 18.6. The molecule has 0 bridgehead atoms. The van der Waals surface area contributed by atoms with E-state index >= 15 is 0 Å². The Morgan fingerprint density at radius 1 is 0.943 bits per heavy atom. The molecule has 2 aromatic carbocycles. The smallest absolute Gasteiger partial charge is 0.239 e. The van der Waals surface area contributed by atoms with Crippen LogP contribution in [0.3, 0.4) is 0 Å². The van der Waals surface area contributed by atoms with Gasteiger partial charge in [-0.3, -0.25) is 4.79 Å². The lowest BCUT2D eigenvalue weighted by atomic mass is 9.99. The second-order valence-electron chi connectivity index (χ2n) is 7.78. The van der Waals surface area contributed by atoms with Gasteiger partial charge in [0.2, 0.25) is 23.2 Å². The molecular weight excluding hydrogens is 468 g/mol. The Morgan fingerprint density at radius 2 is 1.63 bits per heavy atom. The average molecular weight is 492 g/mol. The number of benzene rings is 2. The minimum atomic E-state index is -1.81. The van der Waals surface area contributed by atoms with Crippen LogP contribution in [-0.4, -0.2) is 82.2 Å². The zero-order chi connectivity index (χ0) is 25.4. The van der Waals surface area contributed by atoms with Gasteiger partial charge in [0.15, 0.2) is 17.3 Å². The molecule has 1 aliphatic rings. The summed E-state index contributed by atoms with van der Waals surface area (Å²) in [5.74, 6) is -1.74. The summed E-state index contributed by atoms with van der Waals surface area (Å²) >= 11 is 0. The van der Waals surface area contributed by atoms with E-state index in [1.807, 2.05) is 0 Å². The zero-order valence-corrected chi connectivity index (χ0v) is 18.6. The normalized spacial score (nSPS) is 24.3. The fourth-order valence-electron chi connectivity index (χ4n) is 3.81. The Labute approximate surface area is 197 Å². The van der Waals surface area contributed by atoms with Crippen LogP contribution in [0.1, 0.15) is 0 Å². The van der Waals surface area contributed by atoms with Crippen molar-refractivity contribution in [2.45, 2.75) is 30.7 Å². The molecule has 1 aliphatic heterocycles. The third-order valence-electron chi connectivity index (χ3n) is 5.69. The van der Waals surface area contributed by atoms with Crippen LogP contribution in [0.25, 0.3) is 22.3 Å². The van der Waals surface area contributed by atoms with Crippen LogP contribution in [-0.2, 0) is 4.74 Å². The number of fused-ring (bicyclic) bond motifs is 1. The summed E-state index contributed by atoms with van der Waals surface area (Å²) in [6.45, 7) is -0.709. The van der Waals surface area contributed by atoms with Gasteiger partial charge < -0.3 is 54.0 Å². The topological polar surface area (TPSA) is 189 Å². The fraction of sp³-hybridized carbons (Fsp3) is 0.348. The summed E-state index contributed by atoms with van der Waals surface area (Å²) in [7, 11) is 2.65. The maximum absolute atomic E-state index is 13.5. The van der Waals surface area contributed by atoms with E-state index in [4.69, 9.17) is 23.4 Å². The van der Waals surface area contributed by atoms with Gasteiger partial charge in [0.1, 0.15) is 41.1 Å². The SMILES string of the molecule is COc1ccc(-c2oc3cc(O)c(OC)c(O)c3c(=O)c2O[C@@H]2O[C@H](CO)[C@H](O)[C@@H](O)[C@H]2O)cc1. The molecule has 2 heterocycles. The lowest BCUT2D eigenvalue weighted by molar-refractivity contribution is -0.277. The third kappa shape index (κ3) is 4.22. The highest BCUT2D eigenvalue weighted by molar-refractivity contribution is 5.91. The van der Waals surface area contributed by atoms with Crippen molar-refractivity contribution in [2.75, 3.05) is 20.8 Å². The van der Waals surface area contributed by atoms with Crippen molar-refractivity contribution in [3.8, 4) is 40.1 Å². The molecule has 1 aromatic heterocycles. The maximum atomic E-state index is 13.5. The number of aliphatic hydroxyl groups is 4. The first kappa shape index (κ1) is 24.6. The first-order chi connectivity index (χ1) is 16.7. The summed E-state index contributed by atoms with van der Waals surface area (Å²) in [6.07, 6.45) is -8.20. The minimum Gasteiger partial charge on any atom is -0.504 e. The molecule has 6 N–H and O–H groups in total. The molecule has 0 radical (unpaired) electrons. The van der Waals surface area contributed by atoms with Gasteiger partial charge in [-0.05, 0) is 24.3 Å². The monoisotopic (exact) mass is 492 g/mol. The number of hydrogen-bond donors (Lipinski definition) is 6. The molecule has 0 saturated carbocycles. The van der Waals surface area contributed by atoms with E-state index in [1.54, 1.807) is 24.3 Å². The van der Waals surface area contributed by atoms with Crippen molar-refractivity contribution in [3.05, 3.63) is 40.6 Å². The molecule has 5 atom stereocenters. The van der Waals surface area contributed by atoms with Crippen molar-refractivity contribution in [2.24, 2.45) is 0 Å². The van der Waals surface area contributed by atoms with E-state index in [0.717, 1.165) is 6.07 Å². The van der Waals surface area contributed by atoms with E-state index < -0.39 is 65.4 Å². The van der Waals surface area contributed by atoms with Crippen LogP contribution in [0.15, 0.2) is 39.5 Å². The molecule has 12 heteroatoms. The molecule has 188 valence electrons. The molecule has 0 amide bonds. The molecule has 35 heavy (non-hydrogen) atoms. The molecule has 3 aromatic rings. The Kier molecular flexibility index (Phi) is 6.74. The van der Waals surface area contributed by atoms with E-state index in [-0.39, 0.29) is 17.1 Å². The number of aromatic hydroxyl groups is 2. The predicted octanol–water partition coefficient (Wildman–Crippen LogP) is 0.0671. The number of phenolic OH excluding ortho intramolecular Hbond substituents is 2. The van der Waals surface area contributed by atoms with Crippen LogP contribution < -0.4 is 19.6 Å². The van der Waals surface area contributed by atoms with Gasteiger partial charge in [-0.25, -0.2) is 0 Å². The Bertz CT molecular complexity index is 1270. The Morgan fingerprint density at radius 3 is 2.23 bits per heavy atom. The van der Waals surface area contributed by atoms with Crippen LogP contribution in [0.5, 0.6) is 28.7 Å². The standard InChI is InChI=1S/C23H24O12/c1-31-10-5-3-9(4-6-10)20-22(35-23-19(30)18(29)15(26)13(8-24)34-23)17(28)14-12(33-20)7-11(25)21(32-2)16(14)27/h3-7,13,15,18-19,23-27,29-30H,8H2,1-2H3/t13-,15+,18-,19-,23+/m1/s1. The molecule has 0 aliphatic carbocycles. The number of phenols is 2. The number of rotatable bonds is 6. The van der Waals surface area contributed by atoms with Crippen LogP contribution in [0.4, 0.5) is 0 Å². The Balaban J connectivity index is 1.92. The summed E-state index contributed by atoms with van der Waals surface area (Å²) in [4.78, 5) is 13.5. The Hall–Kier alpha value is -3.55. The van der Waals surface area contributed by atoms with Gasteiger partial charge in [0.05, 0.1) is 20.8 Å². The highest BCUT2D eigenvalue weighted by Crippen LogP contribution is 2.43. The van der Waals surface area contributed by atoms with Crippen molar-refractivity contribution < 1.29 is 54.0 Å². The van der Waals surface area contributed by atoms with Crippen molar-refractivity contribution >= 4 is 11.0 Å². The minimum absolute atomic E-state index is 0.161. The van der Waals surface area contributed by atoms with Gasteiger partial charge in [0, 0.05) is 11.6 Å². The third-order valence-corrected chi connectivity index (χ3v) is 5.69. The molecule has 1 fully saturated rings. The van der Waals surface area contributed by atoms with E-state index in [9.17, 15) is 35.4 Å². The number of ether oxygens (including phenoxy) is 4. The van der Waals surface area contributed by atoms with Gasteiger partial charge in [-0.15, -0.1) is 0 Å². The van der Waals surface area contributed by atoms with E-state index in [1.165, 1.54) is 14.2 Å². The molecule has 12 nitrogen and oxygen atoms in total. The van der Waals surface area contributed by atoms with Gasteiger partial charge in [0.25, 0.3) is 0 Å². The van der Waals surface area contributed by atoms with E-state index in [0.29, 0.717) is 11.3 Å². The predicted molar refractivity (Wildman–Crippen MR) is 119 cm³/mol. The quantitative estimate of drug-likeness (QED) is 0.272. The summed E-state index contributed by atoms with van der Waals surface area (Å²) in [5, 5.41) is 60.3. The molecular formula is C23H24O12. The summed E-state index contributed by atoms with van der Waals surface area (Å²) in [6, 6.07) is 7.35. The van der Waals surface area contributed by atoms with Crippen LogP contribution in [0.2, 0.25) is 0 Å². The van der Waals surface area contributed by atoms with Gasteiger partial charge >= 0.3 is 0 Å². The van der Waals surface area contributed by atoms with Crippen molar-refractivity contribution in [1.82, 2.24) is 0 Å². The molecule has 1 saturated heterocycles. The summed E-state index contributed by atoms with van der Waals surface area (Å²) < 4.78 is 26.9.